The van der Waals surface area contributed by atoms with E-state index in [9.17, 15) is 13.6 Å². The summed E-state index contributed by atoms with van der Waals surface area (Å²) >= 11 is 3.13. The summed E-state index contributed by atoms with van der Waals surface area (Å²) in [5, 5.41) is 0.494. The normalized spacial score (nSPS) is 10.6. The number of benzene rings is 1. The highest BCUT2D eigenvalue weighted by Crippen LogP contribution is 2.23. The fourth-order valence-electron chi connectivity index (χ4n) is 1.28. The Labute approximate surface area is 101 Å². The maximum atomic E-state index is 12.1. The topological polar surface area (TPSA) is 26.3 Å². The molecule has 1 rings (SSSR count). The number of halogens is 3. The quantitative estimate of drug-likeness (QED) is 0.613. The van der Waals surface area contributed by atoms with Crippen molar-refractivity contribution >= 4 is 21.7 Å². The zero-order valence-electron chi connectivity index (χ0n) is 8.67. The van der Waals surface area contributed by atoms with E-state index in [1.807, 2.05) is 0 Å². The third-order valence-corrected chi connectivity index (χ3v) is 2.37. The molecule has 0 aromatic heterocycles. The number of hydrogen-bond acceptors (Lipinski definition) is 2. The van der Waals surface area contributed by atoms with Crippen LogP contribution >= 0.6 is 15.9 Å². The van der Waals surface area contributed by atoms with E-state index in [1.165, 1.54) is 6.07 Å². The minimum atomic E-state index is -2.92. The maximum Gasteiger partial charge on any atom is 0.387 e. The average molecular weight is 293 g/mol. The summed E-state index contributed by atoms with van der Waals surface area (Å²) in [5.41, 5.74) is 1.04. The van der Waals surface area contributed by atoms with Crippen molar-refractivity contribution in [2.75, 3.05) is 5.33 Å². The van der Waals surface area contributed by atoms with E-state index in [0.29, 0.717) is 5.33 Å². The van der Waals surface area contributed by atoms with Crippen LogP contribution in [-0.2, 0) is 0 Å². The van der Waals surface area contributed by atoms with Gasteiger partial charge in [-0.05, 0) is 19.1 Å². The van der Waals surface area contributed by atoms with E-state index < -0.39 is 6.61 Å². The summed E-state index contributed by atoms with van der Waals surface area (Å²) < 4.78 is 28.5. The van der Waals surface area contributed by atoms with Crippen molar-refractivity contribution in [3.8, 4) is 5.75 Å². The number of rotatable bonds is 5. The van der Waals surface area contributed by atoms with E-state index in [0.717, 1.165) is 5.56 Å². The molecule has 0 saturated carbocycles. The summed E-state index contributed by atoms with van der Waals surface area (Å²) in [5.74, 6) is -0.275. The summed E-state index contributed by atoms with van der Waals surface area (Å²) in [4.78, 5) is 11.6. The molecule has 0 aliphatic rings. The van der Waals surface area contributed by atoms with Gasteiger partial charge in [0.1, 0.15) is 5.75 Å². The largest absolute Gasteiger partial charge is 0.434 e. The number of ketones is 1. The lowest BCUT2D eigenvalue weighted by atomic mass is 10.1. The molecule has 2 nitrogen and oxygen atoms in total. The Morgan fingerprint density at radius 1 is 1.50 bits per heavy atom. The lowest BCUT2D eigenvalue weighted by Gasteiger charge is -2.10. The van der Waals surface area contributed by atoms with Gasteiger partial charge in [-0.15, -0.1) is 0 Å². The van der Waals surface area contributed by atoms with Crippen molar-refractivity contribution in [1.82, 2.24) is 0 Å². The molecular formula is C11H11BrF2O2. The molecular weight excluding hydrogens is 282 g/mol. The maximum absolute atomic E-state index is 12.1. The van der Waals surface area contributed by atoms with Gasteiger partial charge in [-0.1, -0.05) is 27.6 Å². The highest BCUT2D eigenvalue weighted by atomic mass is 79.9. The second-order valence-corrected chi connectivity index (χ2v) is 4.03. The minimum Gasteiger partial charge on any atom is -0.434 e. The monoisotopic (exact) mass is 292 g/mol. The minimum absolute atomic E-state index is 0.0634. The molecule has 0 radical (unpaired) electrons. The molecule has 1 aromatic rings. The van der Waals surface area contributed by atoms with Gasteiger partial charge in [-0.3, -0.25) is 4.79 Å². The van der Waals surface area contributed by atoms with Gasteiger partial charge >= 0.3 is 6.61 Å². The number of ether oxygens (including phenoxy) is 1. The number of Topliss-reactive ketones (excluding diaryl/α,β-unsaturated/α-hetero) is 1. The predicted molar refractivity (Wildman–Crippen MR) is 60.6 cm³/mol. The van der Waals surface area contributed by atoms with Crippen LogP contribution in [0.5, 0.6) is 5.75 Å². The van der Waals surface area contributed by atoms with Crippen molar-refractivity contribution in [2.24, 2.45) is 0 Å². The van der Waals surface area contributed by atoms with Gasteiger partial charge in [0.2, 0.25) is 0 Å². The van der Waals surface area contributed by atoms with Crippen LogP contribution in [0.1, 0.15) is 22.3 Å². The van der Waals surface area contributed by atoms with Gasteiger partial charge in [0.15, 0.2) is 5.78 Å². The first-order valence-corrected chi connectivity index (χ1v) is 5.81. The molecule has 0 aliphatic heterocycles. The lowest BCUT2D eigenvalue weighted by Crippen LogP contribution is -2.08. The van der Waals surface area contributed by atoms with Gasteiger partial charge in [-0.2, -0.15) is 8.78 Å². The average Bonchev–Trinajstić information content (AvgIpc) is 2.20. The van der Waals surface area contributed by atoms with Gasteiger partial charge < -0.3 is 4.74 Å². The highest BCUT2D eigenvalue weighted by molar-refractivity contribution is 9.09. The highest BCUT2D eigenvalue weighted by Gasteiger charge is 2.15. The molecule has 0 bridgehead atoms. The third kappa shape index (κ3) is 3.56. The van der Waals surface area contributed by atoms with Crippen LogP contribution in [0, 0.1) is 6.92 Å². The number of aryl methyl sites for hydroxylation is 1. The zero-order valence-corrected chi connectivity index (χ0v) is 10.3. The van der Waals surface area contributed by atoms with Crippen LogP contribution in [0.15, 0.2) is 18.2 Å². The molecule has 0 fully saturated rings. The lowest BCUT2D eigenvalue weighted by molar-refractivity contribution is -0.0501. The standard InChI is InChI=1S/C11H11BrF2O2/c1-7-2-3-10(16-11(13)14)8(6-7)9(15)4-5-12/h2-3,6,11H,4-5H2,1H3. The van der Waals surface area contributed by atoms with Gasteiger partial charge in [0.05, 0.1) is 5.56 Å². The molecule has 0 aliphatic carbocycles. The summed E-state index contributed by atoms with van der Waals surface area (Å²) in [7, 11) is 0. The Hall–Kier alpha value is -0.970. The van der Waals surface area contributed by atoms with Gasteiger partial charge in [0.25, 0.3) is 0 Å². The van der Waals surface area contributed by atoms with Crippen LogP contribution in [-0.4, -0.2) is 17.7 Å². The van der Waals surface area contributed by atoms with Crippen LogP contribution < -0.4 is 4.74 Å². The molecule has 0 atom stereocenters. The molecule has 0 spiro atoms. The van der Waals surface area contributed by atoms with Crippen LogP contribution in [0.4, 0.5) is 8.78 Å². The van der Waals surface area contributed by atoms with Crippen LogP contribution in [0.2, 0.25) is 0 Å². The van der Waals surface area contributed by atoms with Crippen LogP contribution in [0.25, 0.3) is 0 Å². The van der Waals surface area contributed by atoms with E-state index >= 15 is 0 Å². The van der Waals surface area contributed by atoms with E-state index in [4.69, 9.17) is 0 Å². The first-order valence-electron chi connectivity index (χ1n) is 4.69. The number of carbonyl (C=O) groups excluding carboxylic acids is 1. The molecule has 0 N–H and O–H groups in total. The van der Waals surface area contributed by atoms with Crippen molar-refractivity contribution < 1.29 is 18.3 Å². The SMILES string of the molecule is Cc1ccc(OC(F)F)c(C(=O)CCBr)c1. The number of alkyl halides is 3. The molecule has 5 heteroatoms. The summed E-state index contributed by atoms with van der Waals surface area (Å²) in [6.07, 6.45) is 0.253. The smallest absolute Gasteiger partial charge is 0.387 e. The molecule has 88 valence electrons. The Balaban J connectivity index is 3.02. The molecule has 0 saturated heterocycles. The van der Waals surface area contributed by atoms with Gasteiger partial charge in [-0.25, -0.2) is 0 Å². The molecule has 1 aromatic carbocycles. The fourth-order valence-corrected chi connectivity index (χ4v) is 1.64. The molecule has 0 amide bonds. The van der Waals surface area contributed by atoms with Crippen molar-refractivity contribution in [3.63, 3.8) is 0 Å². The van der Waals surface area contributed by atoms with Crippen molar-refractivity contribution in [1.29, 1.82) is 0 Å². The Kier molecular flexibility index (Phi) is 4.86. The first kappa shape index (κ1) is 13.1. The van der Waals surface area contributed by atoms with Crippen molar-refractivity contribution in [2.45, 2.75) is 20.0 Å². The van der Waals surface area contributed by atoms with E-state index in [1.54, 1.807) is 19.1 Å². The zero-order chi connectivity index (χ0) is 12.1. The summed E-state index contributed by atoms with van der Waals surface area (Å²) in [6, 6.07) is 4.58. The Morgan fingerprint density at radius 3 is 2.75 bits per heavy atom. The Morgan fingerprint density at radius 2 is 2.19 bits per heavy atom. The second kappa shape index (κ2) is 5.94. The van der Waals surface area contributed by atoms with E-state index in [2.05, 4.69) is 20.7 Å². The number of hydrogen-bond donors (Lipinski definition) is 0. The molecule has 16 heavy (non-hydrogen) atoms. The fraction of sp³-hybridized carbons (Fsp3) is 0.364. The van der Waals surface area contributed by atoms with Crippen LogP contribution in [0.3, 0.4) is 0 Å². The summed E-state index contributed by atoms with van der Waals surface area (Å²) in [6.45, 7) is -1.13. The number of carbonyl (C=O) groups is 1. The predicted octanol–water partition coefficient (Wildman–Crippen LogP) is 3.56. The first-order chi connectivity index (χ1) is 7.54. The second-order valence-electron chi connectivity index (χ2n) is 3.24. The molecule has 0 unspecified atom stereocenters. The Bertz CT molecular complexity index is 380. The van der Waals surface area contributed by atoms with Gasteiger partial charge in [0, 0.05) is 11.8 Å². The molecule has 0 heterocycles. The van der Waals surface area contributed by atoms with E-state index in [-0.39, 0.29) is 23.5 Å². The van der Waals surface area contributed by atoms with Crippen molar-refractivity contribution in [3.05, 3.63) is 29.3 Å². The third-order valence-electron chi connectivity index (χ3n) is 1.97.